The van der Waals surface area contributed by atoms with Crippen molar-refractivity contribution in [3.05, 3.63) is 53.9 Å². The predicted molar refractivity (Wildman–Crippen MR) is 117 cm³/mol. The minimum atomic E-state index is 0.545. The Bertz CT molecular complexity index is 740. The Labute approximate surface area is 174 Å². The Hall–Kier alpha value is -2.38. The predicted octanol–water partition coefficient (Wildman–Crippen LogP) is 1.95. The molecular weight excluding hydrogens is 364 g/mol. The average molecular weight is 399 g/mol. The Balaban J connectivity index is 1.54. The van der Waals surface area contributed by atoms with Crippen molar-refractivity contribution >= 4 is 5.96 Å². The lowest BCUT2D eigenvalue weighted by atomic mass is 10.1. The molecule has 1 fully saturated rings. The monoisotopic (exact) mass is 398 g/mol. The van der Waals surface area contributed by atoms with Crippen LogP contribution in [0.1, 0.15) is 25.0 Å². The van der Waals surface area contributed by atoms with Crippen LogP contribution in [0.2, 0.25) is 0 Å². The number of aromatic nitrogens is 2. The molecule has 0 radical (unpaired) electrons. The SMILES string of the molecule is CCNC(=NCc1ccccc1Cn1cccn1)NCC(C)CN1CCOCC1. The second-order valence-electron chi connectivity index (χ2n) is 7.57. The molecule has 1 aliphatic rings. The summed E-state index contributed by atoms with van der Waals surface area (Å²) < 4.78 is 7.38. The number of benzene rings is 1. The number of aliphatic imine (C=N–C) groups is 1. The fraction of sp³-hybridized carbons (Fsp3) is 0.545. The molecule has 0 bridgehead atoms. The van der Waals surface area contributed by atoms with Crippen LogP contribution in [-0.4, -0.2) is 66.6 Å². The summed E-state index contributed by atoms with van der Waals surface area (Å²) in [7, 11) is 0. The summed E-state index contributed by atoms with van der Waals surface area (Å²) in [4.78, 5) is 7.30. The highest BCUT2D eigenvalue weighted by Gasteiger charge is 2.14. The molecule has 0 aliphatic carbocycles. The fourth-order valence-corrected chi connectivity index (χ4v) is 3.50. The molecule has 1 aromatic carbocycles. The number of rotatable bonds is 9. The van der Waals surface area contributed by atoms with E-state index in [9.17, 15) is 0 Å². The Morgan fingerprint density at radius 2 is 1.97 bits per heavy atom. The Morgan fingerprint density at radius 3 is 2.69 bits per heavy atom. The molecule has 0 amide bonds. The third-order valence-electron chi connectivity index (χ3n) is 5.05. The van der Waals surface area contributed by atoms with Crippen LogP contribution in [0.5, 0.6) is 0 Å². The lowest BCUT2D eigenvalue weighted by Gasteiger charge is -2.29. The van der Waals surface area contributed by atoms with Crippen LogP contribution in [0.25, 0.3) is 0 Å². The molecule has 0 saturated carbocycles. The molecule has 1 unspecified atom stereocenters. The van der Waals surface area contributed by atoms with E-state index in [1.54, 1.807) is 0 Å². The van der Waals surface area contributed by atoms with Gasteiger partial charge >= 0.3 is 0 Å². The van der Waals surface area contributed by atoms with E-state index in [1.807, 2.05) is 23.1 Å². The van der Waals surface area contributed by atoms with Gasteiger partial charge in [-0.2, -0.15) is 5.10 Å². The summed E-state index contributed by atoms with van der Waals surface area (Å²) in [5.41, 5.74) is 2.47. The van der Waals surface area contributed by atoms with Crippen molar-refractivity contribution in [1.82, 2.24) is 25.3 Å². The van der Waals surface area contributed by atoms with Gasteiger partial charge < -0.3 is 15.4 Å². The minimum Gasteiger partial charge on any atom is -0.379 e. The zero-order valence-corrected chi connectivity index (χ0v) is 17.7. The van der Waals surface area contributed by atoms with Crippen molar-refractivity contribution < 1.29 is 4.74 Å². The molecule has 7 nitrogen and oxygen atoms in total. The van der Waals surface area contributed by atoms with Gasteiger partial charge in [0.2, 0.25) is 0 Å². The molecule has 2 heterocycles. The molecule has 0 spiro atoms. The molecule has 1 aliphatic heterocycles. The quantitative estimate of drug-likeness (QED) is 0.499. The first-order chi connectivity index (χ1) is 14.2. The lowest BCUT2D eigenvalue weighted by molar-refractivity contribution is 0.0320. The first-order valence-corrected chi connectivity index (χ1v) is 10.6. The van der Waals surface area contributed by atoms with Crippen LogP contribution >= 0.6 is 0 Å². The fourth-order valence-electron chi connectivity index (χ4n) is 3.50. The van der Waals surface area contributed by atoms with Gasteiger partial charge in [0, 0.05) is 45.1 Å². The molecule has 1 saturated heterocycles. The van der Waals surface area contributed by atoms with Gasteiger partial charge in [0.1, 0.15) is 0 Å². The van der Waals surface area contributed by atoms with E-state index < -0.39 is 0 Å². The van der Waals surface area contributed by atoms with Gasteiger partial charge in [0.05, 0.1) is 26.3 Å². The molecule has 3 rings (SSSR count). The number of hydrogen-bond acceptors (Lipinski definition) is 4. The van der Waals surface area contributed by atoms with Crippen LogP contribution < -0.4 is 10.6 Å². The van der Waals surface area contributed by atoms with Crippen LogP contribution in [0.4, 0.5) is 0 Å². The lowest BCUT2D eigenvalue weighted by Crippen LogP contribution is -2.44. The number of nitrogens with zero attached hydrogens (tertiary/aromatic N) is 4. The number of guanidine groups is 1. The zero-order chi connectivity index (χ0) is 20.3. The van der Waals surface area contributed by atoms with Crippen LogP contribution in [-0.2, 0) is 17.8 Å². The third-order valence-corrected chi connectivity index (χ3v) is 5.05. The summed E-state index contributed by atoms with van der Waals surface area (Å²) >= 11 is 0. The van der Waals surface area contributed by atoms with Crippen molar-refractivity contribution in [2.45, 2.75) is 26.9 Å². The standard InChI is InChI=1S/C22H34N6O/c1-3-23-22(24-15-19(2)17-27-11-13-29-14-12-27)25-16-20-7-4-5-8-21(20)18-28-10-6-9-26-28/h4-10,19H,3,11-18H2,1-2H3,(H2,23,24,25). The van der Waals surface area contributed by atoms with Crippen LogP contribution in [0.3, 0.4) is 0 Å². The summed E-state index contributed by atoms with van der Waals surface area (Å²) in [5, 5.41) is 11.2. The maximum atomic E-state index is 5.44. The molecule has 158 valence electrons. The Morgan fingerprint density at radius 1 is 1.17 bits per heavy atom. The molecule has 2 aromatic rings. The second-order valence-corrected chi connectivity index (χ2v) is 7.57. The summed E-state index contributed by atoms with van der Waals surface area (Å²) in [5.74, 6) is 1.42. The van der Waals surface area contributed by atoms with Crippen molar-refractivity contribution in [3.63, 3.8) is 0 Å². The highest BCUT2D eigenvalue weighted by Crippen LogP contribution is 2.12. The average Bonchev–Trinajstić information content (AvgIpc) is 3.25. The topological polar surface area (TPSA) is 66.7 Å². The van der Waals surface area contributed by atoms with E-state index in [2.05, 4.69) is 58.7 Å². The molecular formula is C22H34N6O. The van der Waals surface area contributed by atoms with Gasteiger partial charge in [-0.05, 0) is 30.0 Å². The molecule has 1 atom stereocenters. The van der Waals surface area contributed by atoms with Crippen molar-refractivity contribution in [2.75, 3.05) is 45.9 Å². The van der Waals surface area contributed by atoms with Gasteiger partial charge in [-0.1, -0.05) is 31.2 Å². The van der Waals surface area contributed by atoms with Gasteiger partial charge in [-0.25, -0.2) is 4.99 Å². The molecule has 7 heteroatoms. The smallest absolute Gasteiger partial charge is 0.191 e. The maximum absolute atomic E-state index is 5.44. The van der Waals surface area contributed by atoms with Crippen LogP contribution in [0.15, 0.2) is 47.7 Å². The number of ether oxygens (including phenoxy) is 1. The van der Waals surface area contributed by atoms with Crippen molar-refractivity contribution in [2.24, 2.45) is 10.9 Å². The maximum Gasteiger partial charge on any atom is 0.191 e. The first kappa shape index (κ1) is 21.3. The van der Waals surface area contributed by atoms with Crippen LogP contribution in [0, 0.1) is 5.92 Å². The summed E-state index contributed by atoms with van der Waals surface area (Å²) in [6, 6.07) is 10.4. The van der Waals surface area contributed by atoms with Crippen molar-refractivity contribution in [1.29, 1.82) is 0 Å². The van der Waals surface area contributed by atoms with E-state index in [0.29, 0.717) is 12.5 Å². The number of morpholine rings is 1. The molecule has 29 heavy (non-hydrogen) atoms. The number of hydrogen-bond donors (Lipinski definition) is 2. The zero-order valence-electron chi connectivity index (χ0n) is 17.7. The normalized spacial score (nSPS) is 16.6. The molecule has 1 aromatic heterocycles. The second kappa shape index (κ2) is 11.6. The van der Waals surface area contributed by atoms with Crippen molar-refractivity contribution in [3.8, 4) is 0 Å². The van der Waals surface area contributed by atoms with E-state index >= 15 is 0 Å². The minimum absolute atomic E-state index is 0.545. The third kappa shape index (κ3) is 7.18. The highest BCUT2D eigenvalue weighted by atomic mass is 16.5. The molecule has 2 N–H and O–H groups in total. The van der Waals surface area contributed by atoms with E-state index in [4.69, 9.17) is 9.73 Å². The summed E-state index contributed by atoms with van der Waals surface area (Å²) in [6.07, 6.45) is 3.80. The van der Waals surface area contributed by atoms with Gasteiger partial charge in [0.15, 0.2) is 5.96 Å². The van der Waals surface area contributed by atoms with E-state index in [0.717, 1.165) is 58.4 Å². The largest absolute Gasteiger partial charge is 0.379 e. The first-order valence-electron chi connectivity index (χ1n) is 10.6. The highest BCUT2D eigenvalue weighted by molar-refractivity contribution is 5.79. The number of nitrogens with one attached hydrogen (secondary N) is 2. The van der Waals surface area contributed by atoms with Gasteiger partial charge in [-0.3, -0.25) is 9.58 Å². The van der Waals surface area contributed by atoms with E-state index in [1.165, 1.54) is 11.1 Å². The summed E-state index contributed by atoms with van der Waals surface area (Å²) in [6.45, 7) is 12.4. The van der Waals surface area contributed by atoms with E-state index in [-0.39, 0.29) is 0 Å². The van der Waals surface area contributed by atoms with Gasteiger partial charge in [0.25, 0.3) is 0 Å². The Kier molecular flexibility index (Phi) is 8.52. The van der Waals surface area contributed by atoms with Gasteiger partial charge in [-0.15, -0.1) is 0 Å².